The zero-order valence-corrected chi connectivity index (χ0v) is 16.7. The molecule has 1 amide bonds. The van der Waals surface area contributed by atoms with E-state index in [0.29, 0.717) is 12.0 Å². The number of amides is 1. The molecule has 1 aromatic heterocycles. The average Bonchev–Trinajstić information content (AvgIpc) is 3.15. The van der Waals surface area contributed by atoms with Crippen LogP contribution in [0, 0.1) is 11.3 Å². The molecule has 1 fully saturated rings. The normalized spacial score (nSPS) is 20.6. The lowest BCUT2D eigenvalue weighted by atomic mass is 9.85. The third kappa shape index (κ3) is 5.07. The second kappa shape index (κ2) is 8.21. The van der Waals surface area contributed by atoms with Crippen LogP contribution in [0.5, 0.6) is 0 Å². The molecule has 1 heterocycles. The molecule has 1 aliphatic carbocycles. The molecule has 0 atom stereocenters. The van der Waals surface area contributed by atoms with Crippen LogP contribution in [0.2, 0.25) is 0 Å². The quantitative estimate of drug-likeness (QED) is 0.782. The van der Waals surface area contributed by atoms with Crippen molar-refractivity contribution in [1.82, 2.24) is 10.3 Å². The maximum absolute atomic E-state index is 12.1. The van der Waals surface area contributed by atoms with Crippen LogP contribution in [0.25, 0.3) is 10.6 Å². The molecule has 5 heteroatoms. The van der Waals surface area contributed by atoms with Gasteiger partial charge in [0, 0.05) is 40.8 Å². The average molecular weight is 372 g/mol. The smallest absolute Gasteiger partial charge is 0.225 e. The largest absolute Gasteiger partial charge is 0.385 e. The first-order valence-electron chi connectivity index (χ1n) is 9.46. The SMILES string of the molecule is CC(C)(C)C(=O)NC1CCC(CNc2ccc(-c3nccs3)cc2)CC1. The monoisotopic (exact) mass is 371 g/mol. The van der Waals surface area contributed by atoms with Crippen LogP contribution < -0.4 is 10.6 Å². The summed E-state index contributed by atoms with van der Waals surface area (Å²) in [5.41, 5.74) is 2.03. The second-order valence-corrected chi connectivity index (χ2v) is 9.13. The van der Waals surface area contributed by atoms with E-state index in [2.05, 4.69) is 39.9 Å². The first-order chi connectivity index (χ1) is 12.4. The zero-order valence-electron chi connectivity index (χ0n) is 15.9. The van der Waals surface area contributed by atoms with Crippen LogP contribution >= 0.6 is 11.3 Å². The molecule has 0 aliphatic heterocycles. The van der Waals surface area contributed by atoms with Crippen LogP contribution in [0.4, 0.5) is 5.69 Å². The van der Waals surface area contributed by atoms with Crippen molar-refractivity contribution in [2.24, 2.45) is 11.3 Å². The predicted molar refractivity (Wildman–Crippen MR) is 109 cm³/mol. The molecule has 4 nitrogen and oxygen atoms in total. The minimum atomic E-state index is -0.302. The summed E-state index contributed by atoms with van der Waals surface area (Å²) < 4.78 is 0. The Morgan fingerprint density at radius 1 is 1.15 bits per heavy atom. The van der Waals surface area contributed by atoms with Crippen LogP contribution in [-0.4, -0.2) is 23.5 Å². The number of nitrogens with one attached hydrogen (secondary N) is 2. The second-order valence-electron chi connectivity index (χ2n) is 8.24. The summed E-state index contributed by atoms with van der Waals surface area (Å²) in [6.07, 6.45) is 6.33. The fourth-order valence-electron chi connectivity index (χ4n) is 3.27. The summed E-state index contributed by atoms with van der Waals surface area (Å²) in [5, 5.41) is 9.83. The van der Waals surface area contributed by atoms with Gasteiger partial charge in [-0.3, -0.25) is 4.79 Å². The third-order valence-corrected chi connectivity index (χ3v) is 5.84. The molecule has 1 aromatic carbocycles. The van der Waals surface area contributed by atoms with E-state index in [0.717, 1.165) is 30.1 Å². The van der Waals surface area contributed by atoms with Crippen LogP contribution in [0.15, 0.2) is 35.8 Å². The van der Waals surface area contributed by atoms with E-state index in [1.165, 1.54) is 18.4 Å². The summed E-state index contributed by atoms with van der Waals surface area (Å²) >= 11 is 1.66. The standard InChI is InChI=1S/C21H29N3OS/c1-21(2,3)20(25)24-18-8-4-15(5-9-18)14-23-17-10-6-16(7-11-17)19-22-12-13-26-19/h6-7,10-13,15,18,23H,4-5,8-9,14H2,1-3H3,(H,24,25). The maximum atomic E-state index is 12.1. The lowest BCUT2D eigenvalue weighted by Crippen LogP contribution is -2.43. The number of carbonyl (C=O) groups is 1. The van der Waals surface area contributed by atoms with E-state index in [1.54, 1.807) is 11.3 Å². The first kappa shape index (κ1) is 18.9. The van der Waals surface area contributed by atoms with E-state index in [9.17, 15) is 4.79 Å². The van der Waals surface area contributed by atoms with Crippen LogP contribution in [-0.2, 0) is 4.79 Å². The lowest BCUT2D eigenvalue weighted by Gasteiger charge is -2.31. The van der Waals surface area contributed by atoms with Gasteiger partial charge in [0.2, 0.25) is 5.91 Å². The predicted octanol–water partition coefficient (Wildman–Crippen LogP) is 4.94. The third-order valence-electron chi connectivity index (χ3n) is 5.02. The molecule has 0 spiro atoms. The minimum absolute atomic E-state index is 0.166. The Labute approximate surface area is 160 Å². The molecular weight excluding hydrogens is 342 g/mol. The van der Waals surface area contributed by atoms with E-state index >= 15 is 0 Å². The first-order valence-corrected chi connectivity index (χ1v) is 10.3. The highest BCUT2D eigenvalue weighted by Gasteiger charge is 2.27. The molecular formula is C21H29N3OS. The van der Waals surface area contributed by atoms with Crippen molar-refractivity contribution in [3.63, 3.8) is 0 Å². The minimum Gasteiger partial charge on any atom is -0.385 e. The van der Waals surface area contributed by atoms with Crippen molar-refractivity contribution in [2.45, 2.75) is 52.5 Å². The fraction of sp³-hybridized carbons (Fsp3) is 0.524. The fourth-order valence-corrected chi connectivity index (χ4v) is 3.92. The van der Waals surface area contributed by atoms with E-state index in [1.807, 2.05) is 32.3 Å². The Balaban J connectivity index is 1.42. The molecule has 0 saturated heterocycles. The van der Waals surface area contributed by atoms with Gasteiger partial charge in [-0.25, -0.2) is 4.98 Å². The van der Waals surface area contributed by atoms with Crippen molar-refractivity contribution < 1.29 is 4.79 Å². The number of carbonyl (C=O) groups excluding carboxylic acids is 1. The van der Waals surface area contributed by atoms with Gasteiger partial charge in [0.05, 0.1) is 0 Å². The molecule has 1 saturated carbocycles. The lowest BCUT2D eigenvalue weighted by molar-refractivity contribution is -0.129. The molecule has 0 unspecified atom stereocenters. The van der Waals surface area contributed by atoms with Gasteiger partial charge in [-0.2, -0.15) is 0 Å². The molecule has 1 aliphatic rings. The van der Waals surface area contributed by atoms with Gasteiger partial charge in [0.1, 0.15) is 5.01 Å². The Bertz CT molecular complexity index is 696. The maximum Gasteiger partial charge on any atom is 0.225 e. The van der Waals surface area contributed by atoms with Crippen molar-refractivity contribution in [3.8, 4) is 10.6 Å². The molecule has 0 bridgehead atoms. The Morgan fingerprint density at radius 3 is 2.42 bits per heavy atom. The highest BCUT2D eigenvalue weighted by molar-refractivity contribution is 7.13. The van der Waals surface area contributed by atoms with Gasteiger partial charge in [-0.1, -0.05) is 20.8 Å². The van der Waals surface area contributed by atoms with Crippen LogP contribution in [0.3, 0.4) is 0 Å². The number of benzene rings is 1. The number of hydrogen-bond donors (Lipinski definition) is 2. The van der Waals surface area contributed by atoms with Gasteiger partial charge in [0.15, 0.2) is 0 Å². The molecule has 2 aromatic rings. The van der Waals surface area contributed by atoms with Crippen molar-refractivity contribution in [1.29, 1.82) is 0 Å². The summed E-state index contributed by atoms with van der Waals surface area (Å²) in [4.78, 5) is 16.5. The van der Waals surface area contributed by atoms with E-state index in [4.69, 9.17) is 0 Å². The number of hydrogen-bond acceptors (Lipinski definition) is 4. The van der Waals surface area contributed by atoms with Crippen molar-refractivity contribution in [2.75, 3.05) is 11.9 Å². The summed E-state index contributed by atoms with van der Waals surface area (Å²) in [6.45, 7) is 6.91. The van der Waals surface area contributed by atoms with Crippen LogP contribution in [0.1, 0.15) is 46.5 Å². The molecule has 0 radical (unpaired) electrons. The number of thiazole rings is 1. The topological polar surface area (TPSA) is 54.0 Å². The molecule has 26 heavy (non-hydrogen) atoms. The van der Waals surface area contributed by atoms with E-state index < -0.39 is 0 Å². The van der Waals surface area contributed by atoms with Gasteiger partial charge in [-0.05, 0) is 55.9 Å². The van der Waals surface area contributed by atoms with Gasteiger partial charge in [0.25, 0.3) is 0 Å². The van der Waals surface area contributed by atoms with Crippen molar-refractivity contribution >= 4 is 22.9 Å². The Morgan fingerprint density at radius 2 is 1.85 bits per heavy atom. The number of anilines is 1. The van der Waals surface area contributed by atoms with Gasteiger partial charge >= 0.3 is 0 Å². The number of aromatic nitrogens is 1. The van der Waals surface area contributed by atoms with E-state index in [-0.39, 0.29) is 11.3 Å². The van der Waals surface area contributed by atoms with Gasteiger partial charge in [-0.15, -0.1) is 11.3 Å². The molecule has 2 N–H and O–H groups in total. The highest BCUT2D eigenvalue weighted by atomic mass is 32.1. The summed E-state index contributed by atoms with van der Waals surface area (Å²) in [6, 6.07) is 8.86. The number of rotatable bonds is 5. The van der Waals surface area contributed by atoms with Crippen molar-refractivity contribution in [3.05, 3.63) is 35.8 Å². The summed E-state index contributed by atoms with van der Waals surface area (Å²) in [7, 11) is 0. The molecule has 3 rings (SSSR count). The molecule has 140 valence electrons. The Hall–Kier alpha value is -1.88. The zero-order chi connectivity index (χ0) is 18.6. The van der Waals surface area contributed by atoms with Gasteiger partial charge < -0.3 is 10.6 Å². The summed E-state index contributed by atoms with van der Waals surface area (Å²) in [5.74, 6) is 0.843. The number of nitrogens with zero attached hydrogens (tertiary/aromatic N) is 1. The highest BCUT2D eigenvalue weighted by Crippen LogP contribution is 2.27. The Kier molecular flexibility index (Phi) is 5.97.